The van der Waals surface area contributed by atoms with E-state index in [1.165, 1.54) is 18.2 Å². The summed E-state index contributed by atoms with van der Waals surface area (Å²) in [6.45, 7) is 1.38. The number of hydrogen-bond acceptors (Lipinski definition) is 3. The number of nitrogens with zero attached hydrogens (tertiary/aromatic N) is 3. The first-order chi connectivity index (χ1) is 13.4. The first-order valence-corrected chi connectivity index (χ1v) is 10.2. The lowest BCUT2D eigenvalue weighted by Gasteiger charge is -2.30. The number of anilines is 2. The summed E-state index contributed by atoms with van der Waals surface area (Å²) in [5.74, 6) is -0.517. The molecule has 2 unspecified atom stereocenters. The number of pyridine rings is 1. The van der Waals surface area contributed by atoms with E-state index in [9.17, 15) is 9.18 Å². The molecule has 1 N–H and O–H groups in total. The Morgan fingerprint density at radius 1 is 1.07 bits per heavy atom. The van der Waals surface area contributed by atoms with E-state index in [2.05, 4.69) is 15.2 Å². The molecular formula is C19H18Cl3FN4O. The monoisotopic (exact) mass is 442 g/mol. The molecule has 148 valence electrons. The van der Waals surface area contributed by atoms with Crippen LogP contribution < -0.4 is 10.2 Å². The minimum atomic E-state index is -0.517. The molecule has 0 spiro atoms. The van der Waals surface area contributed by atoms with Crippen molar-refractivity contribution in [1.82, 2.24) is 9.88 Å². The molecule has 1 aromatic heterocycles. The first-order valence-electron chi connectivity index (χ1n) is 9.02. The van der Waals surface area contributed by atoms with E-state index >= 15 is 0 Å². The molecule has 3 heterocycles. The Bertz CT molecular complexity index is 892. The molecule has 2 bridgehead atoms. The van der Waals surface area contributed by atoms with Gasteiger partial charge in [0.25, 0.3) is 0 Å². The second kappa shape index (κ2) is 7.93. The van der Waals surface area contributed by atoms with E-state index in [0.29, 0.717) is 22.3 Å². The maximum atomic E-state index is 13.4. The van der Waals surface area contributed by atoms with Crippen molar-refractivity contribution in [2.75, 3.05) is 23.3 Å². The van der Waals surface area contributed by atoms with Gasteiger partial charge in [0.2, 0.25) is 0 Å². The summed E-state index contributed by atoms with van der Waals surface area (Å²) < 4.78 is 13.4. The van der Waals surface area contributed by atoms with Crippen molar-refractivity contribution < 1.29 is 9.18 Å². The van der Waals surface area contributed by atoms with Gasteiger partial charge in [0.15, 0.2) is 0 Å². The number of hydrogen-bond donors (Lipinski definition) is 1. The van der Waals surface area contributed by atoms with Crippen LogP contribution >= 0.6 is 34.8 Å². The van der Waals surface area contributed by atoms with Crippen molar-refractivity contribution in [2.24, 2.45) is 0 Å². The molecule has 1 aromatic carbocycles. The zero-order valence-electron chi connectivity index (χ0n) is 14.8. The van der Waals surface area contributed by atoms with Crippen molar-refractivity contribution in [1.29, 1.82) is 0 Å². The highest BCUT2D eigenvalue weighted by molar-refractivity contribution is 6.38. The molecule has 5 nitrogen and oxygen atoms in total. The van der Waals surface area contributed by atoms with Gasteiger partial charge in [-0.25, -0.2) is 9.18 Å². The topological polar surface area (TPSA) is 48.5 Å². The van der Waals surface area contributed by atoms with Crippen LogP contribution in [0.15, 0.2) is 30.6 Å². The first kappa shape index (κ1) is 19.6. The zero-order valence-corrected chi connectivity index (χ0v) is 17.1. The van der Waals surface area contributed by atoms with Crippen molar-refractivity contribution >= 4 is 52.2 Å². The Labute approximate surface area is 177 Å². The van der Waals surface area contributed by atoms with Crippen LogP contribution in [0.4, 0.5) is 20.6 Å². The number of fused-ring (bicyclic) bond motifs is 2. The number of urea groups is 1. The van der Waals surface area contributed by atoms with Gasteiger partial charge in [-0.15, -0.1) is 0 Å². The van der Waals surface area contributed by atoms with E-state index in [1.54, 1.807) is 12.4 Å². The lowest BCUT2D eigenvalue weighted by Crippen LogP contribution is -2.45. The Balaban J connectivity index is 1.53. The van der Waals surface area contributed by atoms with Crippen LogP contribution in [-0.4, -0.2) is 41.1 Å². The molecule has 9 heteroatoms. The fourth-order valence-electron chi connectivity index (χ4n) is 4.08. The smallest absolute Gasteiger partial charge is 0.322 e. The molecular weight excluding hydrogens is 426 g/mol. The minimum absolute atomic E-state index is 0.0233. The summed E-state index contributed by atoms with van der Waals surface area (Å²) in [7, 11) is 0. The zero-order chi connectivity index (χ0) is 19.8. The van der Waals surface area contributed by atoms with Crippen LogP contribution in [0.2, 0.25) is 15.1 Å². The minimum Gasteiger partial charge on any atom is -0.367 e. The van der Waals surface area contributed by atoms with Gasteiger partial charge in [0, 0.05) is 37.2 Å². The van der Waals surface area contributed by atoms with Crippen molar-refractivity contribution in [2.45, 2.75) is 31.3 Å². The number of amides is 2. The van der Waals surface area contributed by atoms with Crippen LogP contribution in [0.1, 0.15) is 19.3 Å². The van der Waals surface area contributed by atoms with Gasteiger partial charge >= 0.3 is 6.03 Å². The highest BCUT2D eigenvalue weighted by atomic mass is 35.5. The highest BCUT2D eigenvalue weighted by Crippen LogP contribution is 2.38. The Hall–Kier alpha value is -1.76. The van der Waals surface area contributed by atoms with Gasteiger partial charge in [-0.2, -0.15) is 0 Å². The molecule has 0 aliphatic carbocycles. The third kappa shape index (κ3) is 3.73. The van der Waals surface area contributed by atoms with Gasteiger partial charge in [-0.05, 0) is 37.5 Å². The average Bonchev–Trinajstić information content (AvgIpc) is 2.94. The molecule has 0 radical (unpaired) electrons. The van der Waals surface area contributed by atoms with E-state index < -0.39 is 5.82 Å². The number of rotatable bonds is 2. The molecule has 2 aromatic rings. The largest absolute Gasteiger partial charge is 0.367 e. The fourth-order valence-corrected chi connectivity index (χ4v) is 4.86. The summed E-state index contributed by atoms with van der Waals surface area (Å²) in [6.07, 6.45) is 5.82. The summed E-state index contributed by atoms with van der Waals surface area (Å²) in [5, 5.41) is 3.82. The summed E-state index contributed by atoms with van der Waals surface area (Å²) in [6, 6.07) is 4.11. The van der Waals surface area contributed by atoms with Crippen LogP contribution in [0.25, 0.3) is 0 Å². The number of nitrogens with one attached hydrogen (secondary N) is 1. The Morgan fingerprint density at radius 3 is 2.50 bits per heavy atom. The second-order valence-corrected chi connectivity index (χ2v) is 8.26. The van der Waals surface area contributed by atoms with Crippen LogP contribution in [0, 0.1) is 5.82 Å². The molecule has 2 aliphatic rings. The maximum absolute atomic E-state index is 13.4. The van der Waals surface area contributed by atoms with Crippen molar-refractivity contribution in [3.63, 3.8) is 0 Å². The predicted molar refractivity (Wildman–Crippen MR) is 110 cm³/mol. The molecule has 4 rings (SSSR count). The van der Waals surface area contributed by atoms with Crippen molar-refractivity contribution in [3.05, 3.63) is 51.5 Å². The van der Waals surface area contributed by atoms with E-state index in [1.807, 2.05) is 4.90 Å². The Kier molecular flexibility index (Phi) is 5.54. The molecule has 2 aliphatic heterocycles. The maximum Gasteiger partial charge on any atom is 0.322 e. The van der Waals surface area contributed by atoms with Crippen molar-refractivity contribution in [3.8, 4) is 0 Å². The molecule has 0 saturated carbocycles. The lowest BCUT2D eigenvalue weighted by atomic mass is 10.1. The summed E-state index contributed by atoms with van der Waals surface area (Å²) in [5.41, 5.74) is 1.23. The third-order valence-corrected chi connectivity index (χ3v) is 6.18. The standard InChI is InChI=1S/C19H18Cl3FN4O/c20-14-7-11(1-4-17(14)23)25-19(28)27-12-2-3-13(27)10-26(6-5-12)18-15(21)8-24-9-16(18)22/h1,4,7-9,12-13H,2-3,5-6,10H2,(H,25,28). The Morgan fingerprint density at radius 2 is 1.79 bits per heavy atom. The second-order valence-electron chi connectivity index (χ2n) is 7.04. The van der Waals surface area contributed by atoms with Gasteiger partial charge in [0.05, 0.1) is 26.8 Å². The predicted octanol–water partition coefficient (Wildman–Crippen LogP) is 5.46. The lowest BCUT2D eigenvalue weighted by molar-refractivity contribution is 0.190. The van der Waals surface area contributed by atoms with Gasteiger partial charge in [0.1, 0.15) is 5.82 Å². The van der Waals surface area contributed by atoms with Gasteiger partial charge in [-0.3, -0.25) is 4.98 Å². The molecule has 2 fully saturated rings. The van der Waals surface area contributed by atoms with E-state index in [0.717, 1.165) is 31.5 Å². The van der Waals surface area contributed by atoms with Gasteiger partial charge in [-0.1, -0.05) is 34.8 Å². The molecule has 28 heavy (non-hydrogen) atoms. The highest BCUT2D eigenvalue weighted by Gasteiger charge is 2.40. The van der Waals surface area contributed by atoms with E-state index in [4.69, 9.17) is 34.8 Å². The van der Waals surface area contributed by atoms with Crippen LogP contribution in [0.5, 0.6) is 0 Å². The number of benzene rings is 1. The third-order valence-electron chi connectivity index (χ3n) is 5.33. The molecule has 2 atom stereocenters. The SMILES string of the molecule is O=C(Nc1ccc(F)c(Cl)c1)N1C2CCC1CN(c1c(Cl)cncc1Cl)CC2. The fraction of sp³-hybridized carbons (Fsp3) is 0.368. The average molecular weight is 444 g/mol. The molecule has 2 saturated heterocycles. The van der Waals surface area contributed by atoms with Gasteiger partial charge < -0.3 is 15.1 Å². The van der Waals surface area contributed by atoms with E-state index in [-0.39, 0.29) is 23.1 Å². The summed E-state index contributed by atoms with van der Waals surface area (Å²) >= 11 is 18.5. The normalized spacial score (nSPS) is 21.6. The number of halogens is 4. The number of aromatic nitrogens is 1. The number of carbonyl (C=O) groups excluding carboxylic acids is 1. The van der Waals surface area contributed by atoms with Crippen LogP contribution in [-0.2, 0) is 0 Å². The quantitative estimate of drug-likeness (QED) is 0.671. The number of carbonyl (C=O) groups is 1. The molecule has 2 amide bonds. The summed E-state index contributed by atoms with van der Waals surface area (Å²) in [4.78, 5) is 21.0. The van der Waals surface area contributed by atoms with Crippen LogP contribution in [0.3, 0.4) is 0 Å².